The zero-order chi connectivity index (χ0) is 13.7. The maximum absolute atomic E-state index is 10.8. The van der Waals surface area contributed by atoms with Gasteiger partial charge in [-0.05, 0) is 25.2 Å². The van der Waals surface area contributed by atoms with Gasteiger partial charge in [0.15, 0.2) is 5.13 Å². The number of hydrogen-bond acceptors (Lipinski definition) is 8. The molecule has 0 saturated heterocycles. The number of aliphatic hydroxyl groups excluding tert-OH is 2. The van der Waals surface area contributed by atoms with Crippen LogP contribution in [0.1, 0.15) is 13.8 Å². The summed E-state index contributed by atoms with van der Waals surface area (Å²) in [6.45, 7) is 3.61. The highest BCUT2D eigenvalue weighted by molar-refractivity contribution is 7.19. The van der Waals surface area contributed by atoms with E-state index in [1.807, 2.05) is 0 Å². The van der Waals surface area contributed by atoms with E-state index in [1.54, 1.807) is 13.8 Å². The molecule has 4 N–H and O–H groups in total. The van der Waals surface area contributed by atoms with E-state index in [4.69, 9.17) is 10.2 Å². The van der Waals surface area contributed by atoms with Crippen LogP contribution in [0.2, 0.25) is 0 Å². The highest BCUT2D eigenvalue weighted by atomic mass is 32.1. The number of nitrogens with zero attached hydrogens (tertiary/aromatic N) is 2. The van der Waals surface area contributed by atoms with Crippen LogP contribution >= 0.6 is 11.3 Å². The molecule has 1 rings (SSSR count). The van der Waals surface area contributed by atoms with Crippen molar-refractivity contribution in [2.75, 3.05) is 23.7 Å². The quantitative estimate of drug-likeness (QED) is 0.426. The molecule has 8 nitrogen and oxygen atoms in total. The first-order valence-electron chi connectivity index (χ1n) is 5.39. The van der Waals surface area contributed by atoms with Gasteiger partial charge in [0.1, 0.15) is 0 Å². The van der Waals surface area contributed by atoms with Crippen LogP contribution in [0.15, 0.2) is 0 Å². The zero-order valence-electron chi connectivity index (χ0n) is 10.1. The van der Waals surface area contributed by atoms with Crippen molar-refractivity contribution in [3.63, 3.8) is 0 Å². The van der Waals surface area contributed by atoms with Gasteiger partial charge in [-0.25, -0.2) is 0 Å². The first-order chi connectivity index (χ1) is 8.40. The third-order valence-corrected chi connectivity index (χ3v) is 2.85. The molecular formula is C9H16N4O4S. The molecule has 1 aromatic rings. The average molecular weight is 276 g/mol. The van der Waals surface area contributed by atoms with E-state index < -0.39 is 17.1 Å². The van der Waals surface area contributed by atoms with Crippen molar-refractivity contribution in [3.8, 4) is 0 Å². The van der Waals surface area contributed by atoms with Crippen LogP contribution in [0.3, 0.4) is 0 Å². The Bertz CT molecular complexity index is 407. The molecule has 0 amide bonds. The van der Waals surface area contributed by atoms with Gasteiger partial charge in [-0.2, -0.15) is 4.98 Å². The number of rotatable bonds is 7. The van der Waals surface area contributed by atoms with Crippen molar-refractivity contribution in [1.29, 1.82) is 0 Å². The van der Waals surface area contributed by atoms with Crippen LogP contribution in [0, 0.1) is 10.1 Å². The minimum absolute atomic E-state index is 0.122. The molecule has 0 aliphatic rings. The lowest BCUT2D eigenvalue weighted by Crippen LogP contribution is -2.16. The standard InChI is InChI=1S/C9H16N4O4S/c1-5(14)3-10-7-8(13(16)17)18-9(12-7)11-4-6(2)15/h5-6,10,14-15H,3-4H2,1-2H3,(H,11,12). The van der Waals surface area contributed by atoms with Crippen molar-refractivity contribution in [3.05, 3.63) is 10.1 Å². The molecule has 0 radical (unpaired) electrons. The molecule has 102 valence electrons. The number of nitrogens with one attached hydrogen (secondary N) is 2. The van der Waals surface area contributed by atoms with Gasteiger partial charge in [0.05, 0.1) is 17.1 Å². The van der Waals surface area contributed by atoms with Crippen molar-refractivity contribution in [1.82, 2.24) is 4.98 Å². The molecule has 0 fully saturated rings. The van der Waals surface area contributed by atoms with Gasteiger partial charge in [0.2, 0.25) is 5.82 Å². The molecule has 2 unspecified atom stereocenters. The largest absolute Gasteiger partial charge is 0.392 e. The molecule has 0 saturated carbocycles. The summed E-state index contributed by atoms with van der Waals surface area (Å²) >= 11 is 0.885. The van der Waals surface area contributed by atoms with Gasteiger partial charge in [-0.1, -0.05) is 0 Å². The second kappa shape index (κ2) is 6.47. The Morgan fingerprint density at radius 3 is 2.39 bits per heavy atom. The minimum Gasteiger partial charge on any atom is -0.392 e. The van der Waals surface area contributed by atoms with E-state index in [2.05, 4.69) is 15.6 Å². The predicted octanol–water partition coefficient (Wildman–Crippen LogP) is 0.637. The number of aliphatic hydroxyl groups is 2. The maximum atomic E-state index is 10.8. The van der Waals surface area contributed by atoms with E-state index >= 15 is 0 Å². The third-order valence-electron chi connectivity index (χ3n) is 1.89. The smallest absolute Gasteiger partial charge is 0.369 e. The Balaban J connectivity index is 2.77. The number of nitro groups is 1. The number of anilines is 2. The number of hydrogen-bond donors (Lipinski definition) is 4. The van der Waals surface area contributed by atoms with Gasteiger partial charge >= 0.3 is 5.00 Å². The molecule has 0 spiro atoms. The maximum Gasteiger partial charge on any atom is 0.369 e. The zero-order valence-corrected chi connectivity index (χ0v) is 10.9. The Kier molecular flexibility index (Phi) is 5.25. The normalized spacial score (nSPS) is 14.0. The first-order valence-corrected chi connectivity index (χ1v) is 6.21. The van der Waals surface area contributed by atoms with Crippen LogP contribution < -0.4 is 10.6 Å². The highest BCUT2D eigenvalue weighted by Gasteiger charge is 2.21. The summed E-state index contributed by atoms with van der Waals surface area (Å²) in [5.74, 6) is 0.124. The van der Waals surface area contributed by atoms with E-state index in [0.717, 1.165) is 11.3 Å². The van der Waals surface area contributed by atoms with Gasteiger partial charge in [0, 0.05) is 13.1 Å². The van der Waals surface area contributed by atoms with Crippen molar-refractivity contribution < 1.29 is 15.1 Å². The van der Waals surface area contributed by atoms with Gasteiger partial charge in [-0.15, -0.1) is 0 Å². The fourth-order valence-electron chi connectivity index (χ4n) is 1.11. The van der Waals surface area contributed by atoms with Gasteiger partial charge in [-0.3, -0.25) is 10.1 Å². The predicted molar refractivity (Wildman–Crippen MR) is 69.1 cm³/mol. The summed E-state index contributed by atoms with van der Waals surface area (Å²) in [5.41, 5.74) is 0. The Hall–Kier alpha value is -1.45. The number of aromatic nitrogens is 1. The van der Waals surface area contributed by atoms with Gasteiger partial charge in [0.25, 0.3) is 0 Å². The van der Waals surface area contributed by atoms with Crippen molar-refractivity contribution in [2.45, 2.75) is 26.1 Å². The highest BCUT2D eigenvalue weighted by Crippen LogP contribution is 2.34. The topological polar surface area (TPSA) is 121 Å². The lowest BCUT2D eigenvalue weighted by molar-refractivity contribution is -0.379. The second-order valence-electron chi connectivity index (χ2n) is 3.89. The molecule has 1 heterocycles. The van der Waals surface area contributed by atoms with E-state index in [0.29, 0.717) is 5.13 Å². The average Bonchev–Trinajstić information content (AvgIpc) is 2.67. The fraction of sp³-hybridized carbons (Fsp3) is 0.667. The molecular weight excluding hydrogens is 260 g/mol. The minimum atomic E-state index is -0.625. The molecule has 18 heavy (non-hydrogen) atoms. The van der Waals surface area contributed by atoms with Crippen molar-refractivity contribution in [2.24, 2.45) is 0 Å². The Morgan fingerprint density at radius 1 is 1.33 bits per heavy atom. The molecule has 0 aromatic carbocycles. The molecule has 0 aliphatic heterocycles. The second-order valence-corrected chi connectivity index (χ2v) is 4.87. The Labute approximate surface area is 108 Å². The fourth-order valence-corrected chi connectivity index (χ4v) is 1.87. The van der Waals surface area contributed by atoms with Crippen LogP contribution in [-0.4, -0.2) is 45.4 Å². The molecule has 0 aliphatic carbocycles. The first kappa shape index (κ1) is 14.6. The van der Waals surface area contributed by atoms with Crippen LogP contribution in [0.25, 0.3) is 0 Å². The third kappa shape index (κ3) is 4.43. The molecule has 0 bridgehead atoms. The van der Waals surface area contributed by atoms with E-state index in [-0.39, 0.29) is 23.9 Å². The van der Waals surface area contributed by atoms with Gasteiger partial charge < -0.3 is 20.8 Å². The summed E-state index contributed by atoms with van der Waals surface area (Å²) in [7, 11) is 0. The number of thiazole rings is 1. The SMILES string of the molecule is CC(O)CNc1nc(NCC(C)O)c([N+](=O)[O-])s1. The lowest BCUT2D eigenvalue weighted by Gasteiger charge is -2.05. The summed E-state index contributed by atoms with van der Waals surface area (Å²) in [6.07, 6.45) is -1.19. The van der Waals surface area contributed by atoms with Crippen LogP contribution in [-0.2, 0) is 0 Å². The van der Waals surface area contributed by atoms with E-state index in [1.165, 1.54) is 0 Å². The molecule has 2 atom stereocenters. The molecule has 1 aromatic heterocycles. The lowest BCUT2D eigenvalue weighted by atomic mass is 10.4. The summed E-state index contributed by atoms with van der Waals surface area (Å²) < 4.78 is 0. The summed E-state index contributed by atoms with van der Waals surface area (Å²) in [4.78, 5) is 14.3. The van der Waals surface area contributed by atoms with Crippen LogP contribution in [0.5, 0.6) is 0 Å². The van der Waals surface area contributed by atoms with Crippen molar-refractivity contribution >= 4 is 27.3 Å². The molecule has 9 heteroatoms. The monoisotopic (exact) mass is 276 g/mol. The van der Waals surface area contributed by atoms with Crippen LogP contribution in [0.4, 0.5) is 16.0 Å². The van der Waals surface area contributed by atoms with E-state index in [9.17, 15) is 10.1 Å². The summed E-state index contributed by atoms with van der Waals surface area (Å²) in [5, 5.41) is 34.8. The summed E-state index contributed by atoms with van der Waals surface area (Å²) in [6, 6.07) is 0. The Morgan fingerprint density at radius 2 is 1.89 bits per heavy atom.